The van der Waals surface area contributed by atoms with Gasteiger partial charge in [-0.1, -0.05) is 25.6 Å². The predicted molar refractivity (Wildman–Crippen MR) is 85.4 cm³/mol. The maximum Gasteiger partial charge on any atom is 0.191 e. The predicted octanol–water partition coefficient (Wildman–Crippen LogP) is 3.76. The number of halogens is 1. The molecule has 4 nitrogen and oxygen atoms in total. The number of aromatic nitrogens is 3. The Morgan fingerprint density at radius 2 is 2.09 bits per heavy atom. The molecule has 22 heavy (non-hydrogen) atoms. The van der Waals surface area contributed by atoms with Crippen molar-refractivity contribution in [3.8, 4) is 11.4 Å². The van der Waals surface area contributed by atoms with E-state index in [0.717, 1.165) is 42.5 Å². The fraction of sp³-hybridized carbons (Fsp3) is 0.500. The van der Waals surface area contributed by atoms with E-state index in [0.29, 0.717) is 5.25 Å². The zero-order valence-electron chi connectivity index (χ0n) is 12.8. The molecular weight excluding hydrogens is 301 g/mol. The fourth-order valence-electron chi connectivity index (χ4n) is 2.56. The Morgan fingerprint density at radius 1 is 1.32 bits per heavy atom. The summed E-state index contributed by atoms with van der Waals surface area (Å²) in [6.07, 6.45) is 2.37. The Kier molecular flexibility index (Phi) is 4.78. The molecule has 0 N–H and O–H groups in total. The summed E-state index contributed by atoms with van der Waals surface area (Å²) in [5, 5.41) is 9.97. The average Bonchev–Trinajstić information content (AvgIpc) is 3.11. The molecule has 1 aliphatic heterocycles. The third-order valence-electron chi connectivity index (χ3n) is 3.57. The molecule has 0 saturated carbocycles. The van der Waals surface area contributed by atoms with Crippen molar-refractivity contribution in [2.75, 3.05) is 6.61 Å². The standard InChI is InChI=1S/C16H20FN3OS/c1-11(2)22-16-19-18-15(12-5-7-13(17)8-6-12)20(16)10-14-4-3-9-21-14/h5-8,11,14H,3-4,9-10H2,1-2H3. The lowest BCUT2D eigenvalue weighted by Gasteiger charge is -2.15. The van der Waals surface area contributed by atoms with Gasteiger partial charge in [-0.25, -0.2) is 4.39 Å². The smallest absolute Gasteiger partial charge is 0.191 e. The van der Waals surface area contributed by atoms with Gasteiger partial charge >= 0.3 is 0 Å². The summed E-state index contributed by atoms with van der Waals surface area (Å²) < 4.78 is 21.0. The van der Waals surface area contributed by atoms with Crippen molar-refractivity contribution in [3.63, 3.8) is 0 Å². The lowest BCUT2D eigenvalue weighted by Crippen LogP contribution is -2.17. The lowest BCUT2D eigenvalue weighted by molar-refractivity contribution is 0.0953. The number of thioether (sulfide) groups is 1. The van der Waals surface area contributed by atoms with Crippen LogP contribution in [0.4, 0.5) is 4.39 Å². The van der Waals surface area contributed by atoms with Gasteiger partial charge < -0.3 is 4.74 Å². The van der Waals surface area contributed by atoms with E-state index < -0.39 is 0 Å². The van der Waals surface area contributed by atoms with Crippen molar-refractivity contribution in [3.05, 3.63) is 30.1 Å². The second kappa shape index (κ2) is 6.79. The molecule has 2 aromatic rings. The van der Waals surface area contributed by atoms with Gasteiger partial charge in [-0.3, -0.25) is 4.57 Å². The summed E-state index contributed by atoms with van der Waals surface area (Å²) in [6, 6.07) is 6.40. The van der Waals surface area contributed by atoms with Crippen molar-refractivity contribution in [1.29, 1.82) is 0 Å². The first-order valence-corrected chi connectivity index (χ1v) is 8.49. The molecule has 1 saturated heterocycles. The quantitative estimate of drug-likeness (QED) is 0.786. The molecule has 0 amide bonds. The van der Waals surface area contributed by atoms with Crippen LogP contribution in [0.25, 0.3) is 11.4 Å². The largest absolute Gasteiger partial charge is 0.376 e. The van der Waals surface area contributed by atoms with Crippen LogP contribution in [0.15, 0.2) is 29.4 Å². The minimum atomic E-state index is -0.245. The molecular formula is C16H20FN3OS. The number of hydrogen-bond acceptors (Lipinski definition) is 4. The minimum absolute atomic E-state index is 0.210. The summed E-state index contributed by atoms with van der Waals surface area (Å²) in [5.74, 6) is 0.532. The van der Waals surface area contributed by atoms with Crippen molar-refractivity contribution < 1.29 is 9.13 Å². The Bertz CT molecular complexity index is 621. The molecule has 0 aliphatic carbocycles. The third kappa shape index (κ3) is 3.50. The fourth-order valence-corrected chi connectivity index (χ4v) is 3.35. The van der Waals surface area contributed by atoms with Crippen LogP contribution in [0.2, 0.25) is 0 Å². The Balaban J connectivity index is 1.93. The SMILES string of the molecule is CC(C)Sc1nnc(-c2ccc(F)cc2)n1CC1CCCO1. The van der Waals surface area contributed by atoms with E-state index in [-0.39, 0.29) is 11.9 Å². The number of rotatable bonds is 5. The number of nitrogens with zero attached hydrogens (tertiary/aromatic N) is 3. The van der Waals surface area contributed by atoms with Crippen LogP contribution in [-0.2, 0) is 11.3 Å². The molecule has 0 bridgehead atoms. The Labute approximate surface area is 134 Å². The molecule has 0 spiro atoms. The van der Waals surface area contributed by atoms with Gasteiger partial charge in [-0.05, 0) is 37.1 Å². The van der Waals surface area contributed by atoms with Gasteiger partial charge in [0.2, 0.25) is 0 Å². The summed E-state index contributed by atoms with van der Waals surface area (Å²) >= 11 is 1.69. The Hall–Kier alpha value is -1.40. The second-order valence-electron chi connectivity index (χ2n) is 5.73. The van der Waals surface area contributed by atoms with E-state index in [2.05, 4.69) is 28.6 Å². The van der Waals surface area contributed by atoms with Gasteiger partial charge in [-0.2, -0.15) is 0 Å². The first-order chi connectivity index (χ1) is 10.6. The summed E-state index contributed by atoms with van der Waals surface area (Å²) in [5.41, 5.74) is 0.877. The first-order valence-electron chi connectivity index (χ1n) is 7.61. The van der Waals surface area contributed by atoms with E-state index >= 15 is 0 Å². The molecule has 1 unspecified atom stereocenters. The molecule has 6 heteroatoms. The number of hydrogen-bond donors (Lipinski definition) is 0. The highest BCUT2D eigenvalue weighted by Crippen LogP contribution is 2.28. The van der Waals surface area contributed by atoms with Gasteiger partial charge in [0.25, 0.3) is 0 Å². The van der Waals surface area contributed by atoms with Crippen molar-refractivity contribution in [2.45, 2.75) is 49.7 Å². The zero-order valence-corrected chi connectivity index (χ0v) is 13.6. The van der Waals surface area contributed by atoms with Crippen LogP contribution < -0.4 is 0 Å². The van der Waals surface area contributed by atoms with Crippen molar-refractivity contribution in [1.82, 2.24) is 14.8 Å². The number of ether oxygens (including phenoxy) is 1. The van der Waals surface area contributed by atoms with E-state index in [1.165, 1.54) is 12.1 Å². The molecule has 118 valence electrons. The summed E-state index contributed by atoms with van der Waals surface area (Å²) in [7, 11) is 0. The molecule has 1 aromatic carbocycles. The highest BCUT2D eigenvalue weighted by molar-refractivity contribution is 7.99. The van der Waals surface area contributed by atoms with Gasteiger partial charge in [0.15, 0.2) is 11.0 Å². The maximum atomic E-state index is 13.1. The Morgan fingerprint density at radius 3 is 2.73 bits per heavy atom. The zero-order chi connectivity index (χ0) is 15.5. The van der Waals surface area contributed by atoms with Gasteiger partial charge in [0.1, 0.15) is 5.82 Å². The topological polar surface area (TPSA) is 39.9 Å². The van der Waals surface area contributed by atoms with E-state index in [9.17, 15) is 4.39 Å². The minimum Gasteiger partial charge on any atom is -0.376 e. The van der Waals surface area contributed by atoms with Crippen molar-refractivity contribution >= 4 is 11.8 Å². The number of benzene rings is 1. The van der Waals surface area contributed by atoms with Gasteiger partial charge in [-0.15, -0.1) is 10.2 Å². The van der Waals surface area contributed by atoms with Crippen LogP contribution in [-0.4, -0.2) is 32.7 Å². The second-order valence-corrected chi connectivity index (χ2v) is 7.27. The van der Waals surface area contributed by atoms with Gasteiger partial charge in [0, 0.05) is 17.4 Å². The van der Waals surface area contributed by atoms with Crippen LogP contribution in [0.5, 0.6) is 0 Å². The van der Waals surface area contributed by atoms with Crippen LogP contribution in [0, 0.1) is 5.82 Å². The monoisotopic (exact) mass is 321 g/mol. The summed E-state index contributed by atoms with van der Waals surface area (Å²) in [6.45, 7) is 5.83. The molecule has 3 rings (SSSR count). The molecule has 2 heterocycles. The molecule has 1 atom stereocenters. The normalized spacial score (nSPS) is 18.3. The van der Waals surface area contributed by atoms with Crippen LogP contribution in [0.3, 0.4) is 0 Å². The average molecular weight is 321 g/mol. The first kappa shape index (κ1) is 15.5. The highest BCUT2D eigenvalue weighted by Gasteiger charge is 2.22. The van der Waals surface area contributed by atoms with Crippen LogP contribution in [0.1, 0.15) is 26.7 Å². The summed E-state index contributed by atoms with van der Waals surface area (Å²) in [4.78, 5) is 0. The van der Waals surface area contributed by atoms with Crippen molar-refractivity contribution in [2.24, 2.45) is 0 Å². The lowest BCUT2D eigenvalue weighted by atomic mass is 10.2. The van der Waals surface area contributed by atoms with E-state index in [1.54, 1.807) is 23.9 Å². The molecule has 1 fully saturated rings. The van der Waals surface area contributed by atoms with Gasteiger partial charge in [0.05, 0.1) is 12.6 Å². The van der Waals surface area contributed by atoms with E-state index in [1.807, 2.05) is 0 Å². The molecule has 0 radical (unpaired) electrons. The molecule has 1 aliphatic rings. The highest BCUT2D eigenvalue weighted by atomic mass is 32.2. The van der Waals surface area contributed by atoms with Crippen LogP contribution >= 0.6 is 11.8 Å². The third-order valence-corrected chi connectivity index (χ3v) is 4.55. The van der Waals surface area contributed by atoms with E-state index in [4.69, 9.17) is 4.74 Å². The molecule has 1 aromatic heterocycles. The maximum absolute atomic E-state index is 13.1.